The van der Waals surface area contributed by atoms with E-state index in [1.54, 1.807) is 17.9 Å². The number of carbonyl (C=O) groups is 1. The van der Waals surface area contributed by atoms with Gasteiger partial charge in [-0.15, -0.1) is 0 Å². The summed E-state index contributed by atoms with van der Waals surface area (Å²) < 4.78 is 85.2. The molecule has 1 aromatic heterocycles. The number of rotatable bonds is 7. The zero-order valence-electron chi connectivity index (χ0n) is 20.1. The van der Waals surface area contributed by atoms with Crippen LogP contribution in [0.25, 0.3) is 22.4 Å². The predicted molar refractivity (Wildman–Crippen MR) is 132 cm³/mol. The van der Waals surface area contributed by atoms with Gasteiger partial charge in [-0.3, -0.25) is 9.00 Å². The van der Waals surface area contributed by atoms with E-state index in [1.165, 1.54) is 30.3 Å². The molecule has 4 rings (SSSR count). The number of carbonyl (C=O) groups excluding carboxylic acids is 1. The van der Waals surface area contributed by atoms with Crippen LogP contribution in [0.4, 0.5) is 29.1 Å². The van der Waals surface area contributed by atoms with Crippen LogP contribution in [0, 0.1) is 11.7 Å². The van der Waals surface area contributed by atoms with Crippen molar-refractivity contribution in [2.75, 3.05) is 29.3 Å². The number of hydrogen-bond donors (Lipinski definition) is 1. The SMILES string of the molecule is CCOC(=O)C1CCN(c2nc(C(F)(F)F)nc(-c3ccc(F)cc3)c2-c2cccc(NS(=O)[O-])c2)CC1. The first-order valence-electron chi connectivity index (χ1n) is 11.7. The van der Waals surface area contributed by atoms with Gasteiger partial charge in [0.25, 0.3) is 0 Å². The molecule has 0 bridgehead atoms. The monoisotopic (exact) mass is 551 g/mol. The second-order valence-corrected chi connectivity index (χ2v) is 9.20. The van der Waals surface area contributed by atoms with Crippen molar-refractivity contribution in [2.24, 2.45) is 5.92 Å². The molecule has 0 spiro atoms. The Hall–Kier alpha value is -3.58. The first kappa shape index (κ1) is 27.5. The number of halogens is 4. The number of esters is 1. The average molecular weight is 552 g/mol. The minimum Gasteiger partial charge on any atom is -0.755 e. The van der Waals surface area contributed by atoms with E-state index in [1.807, 2.05) is 0 Å². The molecule has 0 saturated carbocycles. The lowest BCUT2D eigenvalue weighted by molar-refractivity contribution is -0.148. The Morgan fingerprint density at radius 3 is 2.42 bits per heavy atom. The van der Waals surface area contributed by atoms with Crippen molar-refractivity contribution in [3.8, 4) is 22.4 Å². The Morgan fingerprint density at radius 1 is 1.13 bits per heavy atom. The van der Waals surface area contributed by atoms with Gasteiger partial charge in [-0.05, 0) is 61.7 Å². The van der Waals surface area contributed by atoms with Crippen molar-refractivity contribution in [3.63, 3.8) is 0 Å². The van der Waals surface area contributed by atoms with Gasteiger partial charge in [0.2, 0.25) is 5.82 Å². The predicted octanol–water partition coefficient (Wildman–Crippen LogP) is 4.95. The van der Waals surface area contributed by atoms with Gasteiger partial charge in [0.1, 0.15) is 11.6 Å². The van der Waals surface area contributed by atoms with Gasteiger partial charge < -0.3 is 18.9 Å². The number of nitrogens with zero attached hydrogens (tertiary/aromatic N) is 3. The molecule has 1 N–H and O–H groups in total. The molecule has 202 valence electrons. The van der Waals surface area contributed by atoms with Crippen molar-refractivity contribution in [1.29, 1.82) is 0 Å². The Balaban J connectivity index is 1.90. The molecule has 1 aliphatic heterocycles. The Labute approximate surface area is 218 Å². The molecule has 1 saturated heterocycles. The van der Waals surface area contributed by atoms with Crippen molar-refractivity contribution >= 4 is 28.7 Å². The van der Waals surface area contributed by atoms with Crippen molar-refractivity contribution in [1.82, 2.24) is 9.97 Å². The van der Waals surface area contributed by atoms with E-state index in [-0.39, 0.29) is 54.0 Å². The number of piperidine rings is 1. The molecule has 0 radical (unpaired) electrons. The summed E-state index contributed by atoms with van der Waals surface area (Å²) in [5.74, 6) is -2.74. The molecular weight excluding hydrogens is 528 g/mol. The summed E-state index contributed by atoms with van der Waals surface area (Å²) in [5.41, 5.74) is 0.834. The van der Waals surface area contributed by atoms with Crippen LogP contribution in [0.2, 0.25) is 0 Å². The Morgan fingerprint density at radius 2 is 1.82 bits per heavy atom. The maximum Gasteiger partial charge on any atom is 0.451 e. The summed E-state index contributed by atoms with van der Waals surface area (Å²) >= 11 is -2.64. The van der Waals surface area contributed by atoms with Gasteiger partial charge >= 0.3 is 12.1 Å². The number of anilines is 2. The quantitative estimate of drug-likeness (QED) is 0.251. The summed E-state index contributed by atoms with van der Waals surface area (Å²) in [6.07, 6.45) is -4.20. The molecule has 38 heavy (non-hydrogen) atoms. The van der Waals surface area contributed by atoms with Crippen molar-refractivity contribution in [2.45, 2.75) is 25.9 Å². The number of aromatic nitrogens is 2. The summed E-state index contributed by atoms with van der Waals surface area (Å²) in [4.78, 5) is 21.6. The van der Waals surface area contributed by atoms with Crippen LogP contribution < -0.4 is 9.62 Å². The van der Waals surface area contributed by atoms with Crippen LogP contribution in [-0.2, 0) is 27.0 Å². The Kier molecular flexibility index (Phi) is 8.26. The lowest BCUT2D eigenvalue weighted by Crippen LogP contribution is -2.38. The molecule has 8 nitrogen and oxygen atoms in total. The van der Waals surface area contributed by atoms with Crippen molar-refractivity contribution < 1.29 is 35.9 Å². The third-order valence-corrected chi connectivity index (χ3v) is 6.43. The maximum atomic E-state index is 13.9. The van der Waals surface area contributed by atoms with Gasteiger partial charge in [-0.1, -0.05) is 12.1 Å². The smallest absolute Gasteiger partial charge is 0.451 e. The summed E-state index contributed by atoms with van der Waals surface area (Å²) in [5, 5.41) is 0. The lowest BCUT2D eigenvalue weighted by atomic mass is 9.94. The van der Waals surface area contributed by atoms with Crippen LogP contribution in [0.5, 0.6) is 0 Å². The highest BCUT2D eigenvalue weighted by Crippen LogP contribution is 2.42. The molecular formula is C25H23F4N4O4S-. The van der Waals surface area contributed by atoms with E-state index in [0.717, 1.165) is 12.1 Å². The molecule has 1 atom stereocenters. The highest BCUT2D eigenvalue weighted by atomic mass is 32.2. The van der Waals surface area contributed by atoms with Crippen LogP contribution in [0.1, 0.15) is 25.6 Å². The molecule has 13 heteroatoms. The second-order valence-electron chi connectivity index (χ2n) is 8.53. The van der Waals surface area contributed by atoms with Gasteiger partial charge in [0, 0.05) is 35.6 Å². The standard InChI is InChI=1S/C25H24F4N4O4S/c1-2-37-23(34)16-10-12-33(13-11-16)22-20(17-4-3-5-19(14-17)32-38(35)36)21(15-6-8-18(26)9-7-15)30-24(31-22)25(27,28)29/h3-9,14,16,32H,2,10-13H2,1H3,(H,35,36)/p-1. The second kappa shape index (κ2) is 11.4. The highest BCUT2D eigenvalue weighted by Gasteiger charge is 2.38. The number of alkyl halides is 3. The fourth-order valence-electron chi connectivity index (χ4n) is 4.31. The fourth-order valence-corrected chi connectivity index (χ4v) is 4.63. The first-order valence-corrected chi connectivity index (χ1v) is 12.8. The van der Waals surface area contributed by atoms with E-state index < -0.39 is 35.0 Å². The molecule has 1 aliphatic rings. The normalized spacial score (nSPS) is 15.3. The highest BCUT2D eigenvalue weighted by molar-refractivity contribution is 7.80. The summed E-state index contributed by atoms with van der Waals surface area (Å²) in [7, 11) is 0. The molecule has 1 unspecified atom stereocenters. The number of benzene rings is 2. The third-order valence-electron chi connectivity index (χ3n) is 6.03. The minimum atomic E-state index is -4.88. The molecule has 3 aromatic rings. The van der Waals surface area contributed by atoms with Crippen LogP contribution in [0.15, 0.2) is 48.5 Å². The zero-order chi connectivity index (χ0) is 27.4. The first-order chi connectivity index (χ1) is 18.1. The minimum absolute atomic E-state index is 0.0330. The topological polar surface area (TPSA) is 107 Å². The molecule has 2 heterocycles. The van der Waals surface area contributed by atoms with Gasteiger partial charge in [-0.25, -0.2) is 14.4 Å². The molecule has 2 aromatic carbocycles. The van der Waals surface area contributed by atoms with Gasteiger partial charge in [0.05, 0.1) is 23.8 Å². The summed E-state index contributed by atoms with van der Waals surface area (Å²) in [6, 6.07) is 10.9. The van der Waals surface area contributed by atoms with E-state index >= 15 is 0 Å². The van der Waals surface area contributed by atoms with E-state index in [0.29, 0.717) is 18.4 Å². The van der Waals surface area contributed by atoms with Gasteiger partial charge in [-0.2, -0.15) is 13.2 Å². The largest absolute Gasteiger partial charge is 0.755 e. The van der Waals surface area contributed by atoms with E-state index in [2.05, 4.69) is 14.7 Å². The van der Waals surface area contributed by atoms with Crippen LogP contribution in [-0.4, -0.2) is 44.4 Å². The molecule has 1 fully saturated rings. The van der Waals surface area contributed by atoms with E-state index in [9.17, 15) is 31.1 Å². The molecule has 0 amide bonds. The number of nitrogens with one attached hydrogen (secondary N) is 1. The van der Waals surface area contributed by atoms with Gasteiger partial charge in [0.15, 0.2) is 0 Å². The van der Waals surface area contributed by atoms with Crippen molar-refractivity contribution in [3.05, 3.63) is 60.2 Å². The van der Waals surface area contributed by atoms with E-state index in [4.69, 9.17) is 4.74 Å². The number of hydrogen-bond acceptors (Lipinski definition) is 7. The third kappa shape index (κ3) is 6.27. The lowest BCUT2D eigenvalue weighted by Gasteiger charge is -2.33. The molecule has 0 aliphatic carbocycles. The average Bonchev–Trinajstić information content (AvgIpc) is 2.88. The number of ether oxygens (including phenoxy) is 1. The Bertz CT molecular complexity index is 1330. The fraction of sp³-hybridized carbons (Fsp3) is 0.320. The summed E-state index contributed by atoms with van der Waals surface area (Å²) in [6.45, 7) is 2.36. The zero-order valence-corrected chi connectivity index (χ0v) is 20.9. The maximum absolute atomic E-state index is 13.9. The van der Waals surface area contributed by atoms with Crippen LogP contribution >= 0.6 is 0 Å². The van der Waals surface area contributed by atoms with Crippen LogP contribution in [0.3, 0.4) is 0 Å².